The molecule has 0 bridgehead atoms. The van der Waals surface area contributed by atoms with Crippen molar-refractivity contribution in [3.05, 3.63) is 11.9 Å². The van der Waals surface area contributed by atoms with Crippen molar-refractivity contribution in [3.8, 4) is 0 Å². The van der Waals surface area contributed by atoms with Gasteiger partial charge in [-0.3, -0.25) is 0 Å². The van der Waals surface area contributed by atoms with E-state index in [1.54, 1.807) is 6.20 Å². The molecule has 2 N–H and O–H groups in total. The minimum Gasteiger partial charge on any atom is -0.370 e. The number of halogens is 3. The Labute approximate surface area is 96.7 Å². The highest BCUT2D eigenvalue weighted by molar-refractivity contribution is 4.98. The Balaban J connectivity index is 2.30. The van der Waals surface area contributed by atoms with Crippen molar-refractivity contribution in [2.75, 3.05) is 13.2 Å². The van der Waals surface area contributed by atoms with Gasteiger partial charge in [0.2, 0.25) is 0 Å². The summed E-state index contributed by atoms with van der Waals surface area (Å²) < 4.78 is 41.2. The van der Waals surface area contributed by atoms with E-state index < -0.39 is 12.8 Å². The van der Waals surface area contributed by atoms with E-state index in [9.17, 15) is 13.2 Å². The van der Waals surface area contributed by atoms with Gasteiger partial charge in [0.1, 0.15) is 6.61 Å². The Morgan fingerprint density at radius 2 is 2.24 bits per heavy atom. The summed E-state index contributed by atoms with van der Waals surface area (Å²) in [5.74, 6) is 0. The molecule has 17 heavy (non-hydrogen) atoms. The molecule has 1 heterocycles. The van der Waals surface area contributed by atoms with E-state index in [4.69, 9.17) is 5.73 Å². The lowest BCUT2D eigenvalue weighted by atomic mass is 10.2. The third-order valence-corrected chi connectivity index (χ3v) is 2.11. The maximum Gasteiger partial charge on any atom is 0.411 e. The Bertz CT molecular complexity index is 339. The smallest absolute Gasteiger partial charge is 0.370 e. The van der Waals surface area contributed by atoms with Crippen molar-refractivity contribution in [1.29, 1.82) is 0 Å². The third kappa shape index (κ3) is 5.14. The highest BCUT2D eigenvalue weighted by atomic mass is 19.4. The first-order chi connectivity index (χ1) is 7.92. The van der Waals surface area contributed by atoms with Crippen molar-refractivity contribution in [2.24, 2.45) is 5.73 Å². The number of alkyl halides is 3. The van der Waals surface area contributed by atoms with Crippen molar-refractivity contribution in [1.82, 2.24) is 15.0 Å². The van der Waals surface area contributed by atoms with Crippen LogP contribution < -0.4 is 5.73 Å². The van der Waals surface area contributed by atoms with Gasteiger partial charge < -0.3 is 10.5 Å². The van der Waals surface area contributed by atoms with E-state index in [0.717, 1.165) is 6.42 Å². The van der Waals surface area contributed by atoms with E-state index in [1.165, 1.54) is 4.68 Å². The summed E-state index contributed by atoms with van der Waals surface area (Å²) >= 11 is 0. The number of hydrogen-bond acceptors (Lipinski definition) is 4. The molecular formula is C9H15F3N4O. The lowest BCUT2D eigenvalue weighted by molar-refractivity contribution is -0.174. The van der Waals surface area contributed by atoms with Crippen molar-refractivity contribution < 1.29 is 17.9 Å². The van der Waals surface area contributed by atoms with E-state index in [0.29, 0.717) is 5.69 Å². The molecule has 0 aromatic carbocycles. The molecule has 8 heteroatoms. The van der Waals surface area contributed by atoms with E-state index in [2.05, 4.69) is 15.0 Å². The molecule has 0 amide bonds. The molecule has 1 unspecified atom stereocenters. The summed E-state index contributed by atoms with van der Waals surface area (Å²) in [5.41, 5.74) is 6.35. The first-order valence-corrected chi connectivity index (χ1v) is 5.22. The molecule has 0 aliphatic rings. The van der Waals surface area contributed by atoms with Crippen LogP contribution in [0.4, 0.5) is 13.2 Å². The van der Waals surface area contributed by atoms with Gasteiger partial charge in [-0.25, -0.2) is 4.68 Å². The van der Waals surface area contributed by atoms with Crippen LogP contribution in [-0.2, 0) is 11.3 Å². The monoisotopic (exact) mass is 252 g/mol. The van der Waals surface area contributed by atoms with E-state index >= 15 is 0 Å². The molecule has 5 nitrogen and oxygen atoms in total. The first kappa shape index (κ1) is 13.9. The zero-order chi connectivity index (χ0) is 12.9. The fraction of sp³-hybridized carbons (Fsp3) is 0.778. The van der Waals surface area contributed by atoms with Crippen LogP contribution in [0, 0.1) is 0 Å². The molecule has 0 saturated heterocycles. The third-order valence-electron chi connectivity index (χ3n) is 2.11. The summed E-state index contributed by atoms with van der Waals surface area (Å²) in [6, 6.07) is -0.195. The fourth-order valence-corrected chi connectivity index (χ4v) is 1.15. The van der Waals surface area contributed by atoms with E-state index in [-0.39, 0.29) is 19.2 Å². The molecule has 0 saturated carbocycles. The van der Waals surface area contributed by atoms with Gasteiger partial charge >= 0.3 is 6.18 Å². The Morgan fingerprint density at radius 1 is 1.53 bits per heavy atom. The predicted molar refractivity (Wildman–Crippen MR) is 54.1 cm³/mol. The Kier molecular flexibility index (Phi) is 4.88. The molecule has 1 atom stereocenters. The molecule has 0 aliphatic carbocycles. The molecule has 0 spiro atoms. The van der Waals surface area contributed by atoms with Crippen LogP contribution in [0.5, 0.6) is 0 Å². The highest BCUT2D eigenvalue weighted by Gasteiger charge is 2.27. The number of ether oxygens (including phenoxy) is 1. The molecule has 1 aromatic rings. The summed E-state index contributed by atoms with van der Waals surface area (Å²) in [5, 5.41) is 7.57. The molecule has 98 valence electrons. The van der Waals surface area contributed by atoms with Crippen LogP contribution in [0.2, 0.25) is 0 Å². The van der Waals surface area contributed by atoms with Crippen LogP contribution in [0.15, 0.2) is 6.20 Å². The van der Waals surface area contributed by atoms with Crippen LogP contribution in [0.3, 0.4) is 0 Å². The van der Waals surface area contributed by atoms with Crippen LogP contribution >= 0.6 is 0 Å². The van der Waals surface area contributed by atoms with Gasteiger partial charge in [-0.15, -0.1) is 5.10 Å². The SMILES string of the molecule is CCC(N)c1cn(CCOCC(F)(F)F)nn1. The molecule has 0 aliphatic heterocycles. The second-order valence-corrected chi connectivity index (χ2v) is 3.59. The Morgan fingerprint density at radius 3 is 2.82 bits per heavy atom. The molecule has 0 fully saturated rings. The first-order valence-electron chi connectivity index (χ1n) is 5.22. The molecular weight excluding hydrogens is 237 g/mol. The second-order valence-electron chi connectivity index (χ2n) is 3.59. The van der Waals surface area contributed by atoms with Crippen molar-refractivity contribution >= 4 is 0 Å². The van der Waals surface area contributed by atoms with Gasteiger partial charge in [-0.05, 0) is 6.42 Å². The Hall–Kier alpha value is -1.15. The molecule has 0 radical (unpaired) electrons. The average molecular weight is 252 g/mol. The fourth-order valence-electron chi connectivity index (χ4n) is 1.15. The van der Waals surface area contributed by atoms with Crippen LogP contribution in [0.25, 0.3) is 0 Å². The normalized spacial score (nSPS) is 13.9. The van der Waals surface area contributed by atoms with E-state index in [1.807, 2.05) is 6.92 Å². The quantitative estimate of drug-likeness (QED) is 0.774. The lowest BCUT2D eigenvalue weighted by Gasteiger charge is -2.07. The van der Waals surface area contributed by atoms with Crippen molar-refractivity contribution in [2.45, 2.75) is 32.1 Å². The summed E-state index contributed by atoms with van der Waals surface area (Å²) in [6.45, 7) is 0.822. The molecule has 1 rings (SSSR count). The second kappa shape index (κ2) is 5.97. The largest absolute Gasteiger partial charge is 0.411 e. The van der Waals surface area contributed by atoms with Gasteiger partial charge in [-0.1, -0.05) is 12.1 Å². The lowest BCUT2D eigenvalue weighted by Crippen LogP contribution is -2.19. The van der Waals surface area contributed by atoms with Gasteiger partial charge in [0.25, 0.3) is 0 Å². The van der Waals surface area contributed by atoms with Gasteiger partial charge in [0.15, 0.2) is 0 Å². The van der Waals surface area contributed by atoms with Gasteiger partial charge in [-0.2, -0.15) is 13.2 Å². The van der Waals surface area contributed by atoms with Crippen LogP contribution in [-0.4, -0.2) is 34.4 Å². The molecule has 1 aromatic heterocycles. The van der Waals surface area contributed by atoms with Crippen LogP contribution in [0.1, 0.15) is 25.1 Å². The number of rotatable bonds is 6. The average Bonchev–Trinajstić information content (AvgIpc) is 2.70. The highest BCUT2D eigenvalue weighted by Crippen LogP contribution is 2.14. The van der Waals surface area contributed by atoms with Gasteiger partial charge in [0.05, 0.1) is 31.1 Å². The summed E-state index contributed by atoms with van der Waals surface area (Å²) in [6.07, 6.45) is -1.95. The maximum absolute atomic E-state index is 11.8. The maximum atomic E-state index is 11.8. The minimum absolute atomic E-state index is 0.0658. The predicted octanol–water partition coefficient (Wildman–Crippen LogP) is 1.27. The number of nitrogens with zero attached hydrogens (tertiary/aromatic N) is 3. The minimum atomic E-state index is -4.29. The van der Waals surface area contributed by atoms with Crippen molar-refractivity contribution in [3.63, 3.8) is 0 Å². The number of nitrogens with two attached hydrogens (primary N) is 1. The standard InChI is InChI=1S/C9H15F3N4O/c1-2-7(13)8-5-16(15-14-8)3-4-17-6-9(10,11)12/h5,7H,2-4,6,13H2,1H3. The topological polar surface area (TPSA) is 66.0 Å². The van der Waals surface area contributed by atoms with Gasteiger partial charge in [0, 0.05) is 0 Å². The zero-order valence-electron chi connectivity index (χ0n) is 9.44. The number of aromatic nitrogens is 3. The zero-order valence-corrected chi connectivity index (χ0v) is 9.44. The number of hydrogen-bond donors (Lipinski definition) is 1. The summed E-state index contributed by atoms with van der Waals surface area (Å²) in [7, 11) is 0. The summed E-state index contributed by atoms with van der Waals surface area (Å²) in [4.78, 5) is 0.